The lowest BCUT2D eigenvalue weighted by Crippen LogP contribution is -2.49. The molecule has 1 aromatic heterocycles. The number of carbonyl (C=O) groups excluding carboxylic acids is 1. The summed E-state index contributed by atoms with van der Waals surface area (Å²) in [4.78, 5) is 20.2. The Labute approximate surface area is 137 Å². The number of likely N-dealkylation sites (tertiary alicyclic amines) is 1. The van der Waals surface area contributed by atoms with Gasteiger partial charge in [0.05, 0.1) is 18.8 Å². The predicted octanol–water partition coefficient (Wildman–Crippen LogP) is 0.726. The number of carbonyl (C=O) groups is 1. The minimum absolute atomic E-state index is 0.0777. The molecule has 2 fully saturated rings. The van der Waals surface area contributed by atoms with Crippen LogP contribution < -0.4 is 0 Å². The molecule has 2 saturated heterocycles. The van der Waals surface area contributed by atoms with E-state index in [1.165, 1.54) is 0 Å². The first-order chi connectivity index (χ1) is 11.2. The molecule has 0 bridgehead atoms. The molecule has 23 heavy (non-hydrogen) atoms. The summed E-state index contributed by atoms with van der Waals surface area (Å²) in [5.74, 6) is 0.675. The van der Waals surface area contributed by atoms with E-state index in [1.54, 1.807) is 6.20 Å². The van der Waals surface area contributed by atoms with Gasteiger partial charge >= 0.3 is 0 Å². The van der Waals surface area contributed by atoms with Crippen molar-refractivity contribution in [1.82, 2.24) is 14.8 Å². The molecule has 2 N–H and O–H groups in total. The molecule has 6 heteroatoms. The third kappa shape index (κ3) is 3.94. The van der Waals surface area contributed by atoms with Crippen molar-refractivity contribution in [2.75, 3.05) is 52.5 Å². The zero-order valence-electron chi connectivity index (χ0n) is 13.8. The monoisotopic (exact) mass is 321 g/mol. The number of ether oxygens (including phenoxy) is 1. The van der Waals surface area contributed by atoms with E-state index in [0.29, 0.717) is 12.5 Å². The zero-order valence-corrected chi connectivity index (χ0v) is 13.8. The normalized spacial score (nSPS) is 26.4. The van der Waals surface area contributed by atoms with Crippen molar-refractivity contribution >= 4 is 5.91 Å². The summed E-state index contributed by atoms with van der Waals surface area (Å²) in [7, 11) is 0. The number of piperidine rings is 1. The van der Waals surface area contributed by atoms with Crippen molar-refractivity contribution in [3.05, 3.63) is 23.5 Å². The summed E-state index contributed by atoms with van der Waals surface area (Å²) in [6, 6.07) is 1.84. The summed E-state index contributed by atoms with van der Waals surface area (Å²) < 4.78 is 5.40. The molecule has 1 aromatic rings. The highest BCUT2D eigenvalue weighted by molar-refractivity contribution is 5.95. The summed E-state index contributed by atoms with van der Waals surface area (Å²) in [5.41, 5.74) is 1.65. The Morgan fingerprint density at radius 1 is 1.35 bits per heavy atom. The number of aryl methyl sites for hydroxylation is 1. The second kappa shape index (κ2) is 7.47. The molecule has 2 atom stereocenters. The maximum absolute atomic E-state index is 12.8. The lowest BCUT2D eigenvalue weighted by Gasteiger charge is -2.40. The number of nitrogens with one attached hydrogen (secondary N) is 1. The van der Waals surface area contributed by atoms with Crippen LogP contribution in [0.1, 0.15) is 22.5 Å². The summed E-state index contributed by atoms with van der Waals surface area (Å²) in [6.45, 7) is 7.99. The molecular formula is C17H27N3O3. The Hall–Kier alpha value is -1.37. The molecule has 2 aliphatic rings. The number of aliphatic hydroxyl groups excluding tert-OH is 1. The minimum Gasteiger partial charge on any atom is -0.396 e. The van der Waals surface area contributed by atoms with Crippen molar-refractivity contribution in [1.29, 1.82) is 0 Å². The van der Waals surface area contributed by atoms with Gasteiger partial charge in [-0.15, -0.1) is 0 Å². The molecule has 0 spiro atoms. The number of aliphatic hydroxyl groups is 1. The molecule has 6 nitrogen and oxygen atoms in total. The molecular weight excluding hydrogens is 294 g/mol. The maximum Gasteiger partial charge on any atom is 0.255 e. The van der Waals surface area contributed by atoms with Gasteiger partial charge in [-0.2, -0.15) is 0 Å². The average molecular weight is 321 g/mol. The number of hydrogen-bond acceptors (Lipinski definition) is 4. The van der Waals surface area contributed by atoms with Crippen LogP contribution >= 0.6 is 0 Å². The van der Waals surface area contributed by atoms with Gasteiger partial charge in [-0.25, -0.2) is 0 Å². The Kier molecular flexibility index (Phi) is 5.35. The van der Waals surface area contributed by atoms with Gasteiger partial charge in [0.1, 0.15) is 0 Å². The highest BCUT2D eigenvalue weighted by atomic mass is 16.5. The fourth-order valence-corrected chi connectivity index (χ4v) is 3.75. The smallest absolute Gasteiger partial charge is 0.255 e. The molecule has 128 valence electrons. The van der Waals surface area contributed by atoms with E-state index < -0.39 is 0 Å². The second-order valence-corrected chi connectivity index (χ2v) is 6.79. The van der Waals surface area contributed by atoms with Crippen LogP contribution in [0.25, 0.3) is 0 Å². The van der Waals surface area contributed by atoms with Crippen molar-refractivity contribution in [2.45, 2.75) is 13.3 Å². The van der Waals surface area contributed by atoms with E-state index in [9.17, 15) is 9.90 Å². The summed E-state index contributed by atoms with van der Waals surface area (Å²) >= 11 is 0. The number of hydrogen-bond donors (Lipinski definition) is 2. The zero-order chi connectivity index (χ0) is 16.2. The molecule has 3 rings (SSSR count). The first kappa shape index (κ1) is 16.5. The first-order valence-electron chi connectivity index (χ1n) is 8.51. The lowest BCUT2D eigenvalue weighted by atomic mass is 9.88. The van der Waals surface area contributed by atoms with E-state index in [1.807, 2.05) is 17.9 Å². The van der Waals surface area contributed by atoms with Crippen molar-refractivity contribution in [3.63, 3.8) is 0 Å². The van der Waals surface area contributed by atoms with Gasteiger partial charge in [-0.3, -0.25) is 9.69 Å². The quantitative estimate of drug-likeness (QED) is 0.858. The molecule has 1 amide bonds. The van der Waals surface area contributed by atoms with Gasteiger partial charge in [-0.05, 0) is 31.2 Å². The van der Waals surface area contributed by atoms with Crippen LogP contribution in [0.4, 0.5) is 0 Å². The number of H-pyrrole nitrogens is 1. The van der Waals surface area contributed by atoms with Crippen molar-refractivity contribution in [3.8, 4) is 0 Å². The van der Waals surface area contributed by atoms with E-state index in [0.717, 1.165) is 57.1 Å². The molecule has 0 aromatic carbocycles. The van der Waals surface area contributed by atoms with E-state index in [-0.39, 0.29) is 18.4 Å². The average Bonchev–Trinajstić information content (AvgIpc) is 3.00. The van der Waals surface area contributed by atoms with Crippen molar-refractivity contribution in [2.24, 2.45) is 11.8 Å². The third-order valence-electron chi connectivity index (χ3n) is 4.97. The highest BCUT2D eigenvalue weighted by Gasteiger charge is 2.32. The van der Waals surface area contributed by atoms with E-state index >= 15 is 0 Å². The molecule has 0 aliphatic carbocycles. The summed E-state index contributed by atoms with van der Waals surface area (Å²) in [6.07, 6.45) is 2.80. The standard InChI is InChI=1S/C17H27N3O3/c1-13-16(2-3-18-13)17(22)20-10-14(8-15(11-20)12-21)9-19-4-6-23-7-5-19/h2-3,14-15,18,21H,4-12H2,1H3/t14-,15-/m1/s1. The van der Waals surface area contributed by atoms with Crippen molar-refractivity contribution < 1.29 is 14.6 Å². The first-order valence-corrected chi connectivity index (χ1v) is 8.51. The topological polar surface area (TPSA) is 68.8 Å². The maximum atomic E-state index is 12.8. The van der Waals surface area contributed by atoms with Gasteiger partial charge in [0.15, 0.2) is 0 Å². The molecule has 0 radical (unpaired) electrons. The fraction of sp³-hybridized carbons (Fsp3) is 0.706. The molecule has 3 heterocycles. The number of aromatic nitrogens is 1. The van der Waals surface area contributed by atoms with Crippen LogP contribution in [0.2, 0.25) is 0 Å². The van der Waals surface area contributed by atoms with Gasteiger partial charge in [-0.1, -0.05) is 0 Å². The number of aromatic amines is 1. The number of morpholine rings is 1. The third-order valence-corrected chi connectivity index (χ3v) is 4.97. The highest BCUT2D eigenvalue weighted by Crippen LogP contribution is 2.25. The number of rotatable bonds is 4. The SMILES string of the molecule is Cc1[nH]ccc1C(=O)N1C[C@H](CO)C[C@H](CN2CCOCC2)C1. The fourth-order valence-electron chi connectivity index (χ4n) is 3.75. The van der Waals surface area contributed by atoms with Gasteiger partial charge in [0.25, 0.3) is 5.91 Å². The lowest BCUT2D eigenvalue weighted by molar-refractivity contribution is 0.0130. The Morgan fingerprint density at radius 3 is 2.74 bits per heavy atom. The van der Waals surface area contributed by atoms with Crippen LogP contribution in [-0.2, 0) is 4.74 Å². The molecule has 0 saturated carbocycles. The van der Waals surface area contributed by atoms with Gasteiger partial charge in [0, 0.05) is 51.2 Å². The minimum atomic E-state index is 0.0777. The number of nitrogens with zero attached hydrogens (tertiary/aromatic N) is 2. The largest absolute Gasteiger partial charge is 0.396 e. The van der Waals surface area contributed by atoms with Gasteiger partial charge < -0.3 is 19.7 Å². The summed E-state index contributed by atoms with van der Waals surface area (Å²) in [5, 5.41) is 9.62. The van der Waals surface area contributed by atoms with E-state index in [4.69, 9.17) is 4.74 Å². The second-order valence-electron chi connectivity index (χ2n) is 6.79. The van der Waals surface area contributed by atoms with Crippen LogP contribution in [0.5, 0.6) is 0 Å². The van der Waals surface area contributed by atoms with Crippen LogP contribution in [-0.4, -0.2) is 78.3 Å². The van der Waals surface area contributed by atoms with Crippen LogP contribution in [0, 0.1) is 18.8 Å². The predicted molar refractivity (Wildman–Crippen MR) is 87.4 cm³/mol. The van der Waals surface area contributed by atoms with Gasteiger partial charge in [0.2, 0.25) is 0 Å². The molecule has 0 unspecified atom stereocenters. The molecule has 2 aliphatic heterocycles. The Bertz CT molecular complexity index is 525. The van der Waals surface area contributed by atoms with E-state index in [2.05, 4.69) is 9.88 Å². The number of amides is 1. The Balaban J connectivity index is 1.65. The Morgan fingerprint density at radius 2 is 2.09 bits per heavy atom. The van der Waals surface area contributed by atoms with Crippen LogP contribution in [0.3, 0.4) is 0 Å². The van der Waals surface area contributed by atoms with Crippen LogP contribution in [0.15, 0.2) is 12.3 Å².